The molecule has 4 rings (SSSR count). The number of aliphatic hydroxyl groups is 1. The molecule has 0 spiro atoms. The van der Waals surface area contributed by atoms with Gasteiger partial charge in [0.05, 0.1) is 30.8 Å². The smallest absolute Gasteiger partial charge is 0.311 e. The lowest BCUT2D eigenvalue weighted by molar-refractivity contribution is -0.142. The minimum Gasteiger partial charge on any atom is -0.466 e. The number of nitrogens with two attached hydrogens (primary N) is 1. The van der Waals surface area contributed by atoms with Crippen LogP contribution >= 0.6 is 0 Å². The Kier molecular flexibility index (Phi) is 10.4. The molecule has 10 nitrogen and oxygen atoms in total. The van der Waals surface area contributed by atoms with Gasteiger partial charge in [-0.3, -0.25) is 9.59 Å². The average molecular weight is 428 g/mol. The molecule has 0 unspecified atom stereocenters. The zero-order valence-corrected chi connectivity index (χ0v) is 17.6. The van der Waals surface area contributed by atoms with Gasteiger partial charge < -0.3 is 30.5 Å². The second kappa shape index (κ2) is 12.7. The largest absolute Gasteiger partial charge is 0.466 e. The molecule has 0 radical (unpaired) electrons. The highest BCUT2D eigenvalue weighted by molar-refractivity contribution is 5.76. The Morgan fingerprint density at radius 2 is 1.42 bits per heavy atom. The molecule has 0 bridgehead atoms. The van der Waals surface area contributed by atoms with Gasteiger partial charge in [0.25, 0.3) is 0 Å². The Hall–Kier alpha value is -3.76. The van der Waals surface area contributed by atoms with Gasteiger partial charge in [0.15, 0.2) is 0 Å². The highest BCUT2D eigenvalue weighted by atomic mass is 16.5. The normalized spacial score (nSPS) is 9.65. The van der Waals surface area contributed by atoms with Crippen LogP contribution in [0, 0.1) is 0 Å². The van der Waals surface area contributed by atoms with Gasteiger partial charge in [0, 0.05) is 31.9 Å². The number of fused-ring (bicyclic) bond motifs is 2. The standard InChI is InChI=1S/C11H12N2O2.C9H9N3O.CH4O.H3N/c1-2-15-11(14)7-9-8-12-10-5-3-4-6-13(9)10;10-8(13)5-7-6-11-9-3-1-2-4-12(7)9;1-2;/h3-6,8H,2,7H2,1H3;1-4,6H,5H2,(H2,10,13);2H,1H3;1H3. The second-order valence-corrected chi connectivity index (χ2v) is 5.98. The minimum absolute atomic E-state index is 0. The van der Waals surface area contributed by atoms with E-state index in [-0.39, 0.29) is 30.9 Å². The number of hydrogen-bond acceptors (Lipinski definition) is 7. The van der Waals surface area contributed by atoms with Crippen LogP contribution in [0.4, 0.5) is 0 Å². The zero-order valence-electron chi connectivity index (χ0n) is 17.6. The van der Waals surface area contributed by atoms with E-state index in [1.165, 1.54) is 0 Å². The Balaban J connectivity index is 0.000000281. The van der Waals surface area contributed by atoms with Gasteiger partial charge in [0.2, 0.25) is 5.91 Å². The van der Waals surface area contributed by atoms with Crippen molar-refractivity contribution in [1.29, 1.82) is 0 Å². The number of pyridine rings is 2. The fraction of sp³-hybridized carbons (Fsp3) is 0.238. The molecular formula is C21H28N6O4. The molecule has 10 heteroatoms. The van der Waals surface area contributed by atoms with Crippen molar-refractivity contribution in [2.75, 3.05) is 13.7 Å². The summed E-state index contributed by atoms with van der Waals surface area (Å²) in [6.45, 7) is 2.21. The van der Waals surface area contributed by atoms with E-state index in [9.17, 15) is 9.59 Å². The van der Waals surface area contributed by atoms with Crippen LogP contribution in [-0.4, -0.2) is 49.5 Å². The van der Waals surface area contributed by atoms with Crippen LogP contribution in [0.3, 0.4) is 0 Å². The van der Waals surface area contributed by atoms with Crippen molar-refractivity contribution < 1.29 is 19.4 Å². The number of ether oxygens (including phenoxy) is 1. The van der Waals surface area contributed by atoms with E-state index in [1.807, 2.05) is 57.6 Å². The molecule has 0 atom stereocenters. The summed E-state index contributed by atoms with van der Waals surface area (Å²) in [7, 11) is 1.00. The molecule has 4 aromatic rings. The summed E-state index contributed by atoms with van der Waals surface area (Å²) in [5, 5.41) is 7.00. The maximum atomic E-state index is 11.3. The number of nitrogens with zero attached hydrogens (tertiary/aromatic N) is 4. The van der Waals surface area contributed by atoms with E-state index in [0.717, 1.165) is 29.8 Å². The van der Waals surface area contributed by atoms with Crippen LogP contribution in [0.5, 0.6) is 0 Å². The quantitative estimate of drug-likeness (QED) is 0.407. The summed E-state index contributed by atoms with van der Waals surface area (Å²) in [6, 6.07) is 11.4. The summed E-state index contributed by atoms with van der Waals surface area (Å²) >= 11 is 0. The molecule has 31 heavy (non-hydrogen) atoms. The molecule has 0 aromatic carbocycles. The maximum absolute atomic E-state index is 11.3. The highest BCUT2D eigenvalue weighted by Gasteiger charge is 2.08. The van der Waals surface area contributed by atoms with E-state index in [4.69, 9.17) is 15.6 Å². The summed E-state index contributed by atoms with van der Waals surface area (Å²) in [5.41, 5.74) is 8.44. The number of aromatic nitrogens is 4. The molecule has 6 N–H and O–H groups in total. The van der Waals surface area contributed by atoms with E-state index in [2.05, 4.69) is 9.97 Å². The van der Waals surface area contributed by atoms with Crippen LogP contribution in [0.15, 0.2) is 61.2 Å². The number of imidazole rings is 2. The molecule has 166 valence electrons. The van der Waals surface area contributed by atoms with Gasteiger partial charge in [0.1, 0.15) is 11.3 Å². The number of aliphatic hydroxyl groups excluding tert-OH is 1. The van der Waals surface area contributed by atoms with Crippen molar-refractivity contribution in [1.82, 2.24) is 24.9 Å². The lowest BCUT2D eigenvalue weighted by atomic mass is 10.3. The number of carbonyl (C=O) groups is 2. The molecule has 0 aliphatic rings. The first kappa shape index (κ1) is 25.3. The molecular weight excluding hydrogens is 400 g/mol. The third-order valence-electron chi connectivity index (χ3n) is 3.97. The van der Waals surface area contributed by atoms with Crippen molar-refractivity contribution in [2.24, 2.45) is 5.73 Å². The number of esters is 1. The number of carbonyl (C=O) groups excluding carboxylic acids is 2. The fourth-order valence-corrected chi connectivity index (χ4v) is 2.77. The summed E-state index contributed by atoms with van der Waals surface area (Å²) in [6.07, 6.45) is 7.61. The van der Waals surface area contributed by atoms with E-state index >= 15 is 0 Å². The van der Waals surface area contributed by atoms with Crippen molar-refractivity contribution in [3.8, 4) is 0 Å². The van der Waals surface area contributed by atoms with Crippen molar-refractivity contribution in [3.05, 3.63) is 72.6 Å². The van der Waals surface area contributed by atoms with E-state index < -0.39 is 0 Å². The number of rotatable bonds is 5. The number of amides is 1. The van der Waals surface area contributed by atoms with Crippen molar-refractivity contribution in [3.63, 3.8) is 0 Å². The molecule has 0 aliphatic heterocycles. The third-order valence-corrected chi connectivity index (χ3v) is 3.97. The van der Waals surface area contributed by atoms with Gasteiger partial charge in [-0.2, -0.15) is 0 Å². The van der Waals surface area contributed by atoms with Crippen LogP contribution in [0.2, 0.25) is 0 Å². The Morgan fingerprint density at radius 3 is 1.87 bits per heavy atom. The van der Waals surface area contributed by atoms with Crippen LogP contribution in [-0.2, 0) is 27.2 Å². The van der Waals surface area contributed by atoms with Gasteiger partial charge >= 0.3 is 5.97 Å². The first-order valence-electron chi connectivity index (χ1n) is 9.29. The van der Waals surface area contributed by atoms with Crippen LogP contribution in [0.1, 0.15) is 18.3 Å². The first-order valence-corrected chi connectivity index (χ1v) is 9.29. The Labute approximate surface area is 179 Å². The Morgan fingerprint density at radius 1 is 0.935 bits per heavy atom. The highest BCUT2D eigenvalue weighted by Crippen LogP contribution is 2.07. The first-order chi connectivity index (χ1) is 14.6. The lowest BCUT2D eigenvalue weighted by Crippen LogP contribution is -2.14. The monoisotopic (exact) mass is 428 g/mol. The summed E-state index contributed by atoms with van der Waals surface area (Å²) < 4.78 is 8.62. The van der Waals surface area contributed by atoms with Gasteiger partial charge in [-0.25, -0.2) is 9.97 Å². The van der Waals surface area contributed by atoms with E-state index in [1.54, 1.807) is 19.3 Å². The second-order valence-electron chi connectivity index (χ2n) is 5.98. The Bertz CT molecular complexity index is 1110. The molecule has 1 amide bonds. The molecule has 0 aliphatic carbocycles. The summed E-state index contributed by atoms with van der Waals surface area (Å²) in [4.78, 5) is 30.3. The minimum atomic E-state index is -0.342. The number of hydrogen-bond donors (Lipinski definition) is 3. The maximum Gasteiger partial charge on any atom is 0.311 e. The predicted molar refractivity (Wildman–Crippen MR) is 117 cm³/mol. The molecule has 0 fully saturated rings. The van der Waals surface area contributed by atoms with Gasteiger partial charge in [-0.05, 0) is 31.2 Å². The zero-order chi connectivity index (χ0) is 21.9. The van der Waals surface area contributed by atoms with Crippen molar-refractivity contribution in [2.45, 2.75) is 19.8 Å². The van der Waals surface area contributed by atoms with Crippen molar-refractivity contribution >= 4 is 23.2 Å². The SMILES string of the molecule is CCOC(=O)Cc1cnc2ccccn12.CO.N.NC(=O)Cc1cnc2ccccn12. The molecule has 0 saturated carbocycles. The van der Waals surface area contributed by atoms with Gasteiger partial charge in [-0.15, -0.1) is 0 Å². The molecule has 0 saturated heterocycles. The molecule has 4 heterocycles. The lowest BCUT2D eigenvalue weighted by Gasteiger charge is -2.01. The summed E-state index contributed by atoms with van der Waals surface area (Å²) in [5.74, 6) is -0.561. The molecule has 4 aromatic heterocycles. The topological polar surface area (TPSA) is 159 Å². The average Bonchev–Trinajstić information content (AvgIpc) is 3.35. The van der Waals surface area contributed by atoms with E-state index in [0.29, 0.717) is 6.61 Å². The predicted octanol–water partition coefficient (Wildman–Crippen LogP) is 1.57. The van der Waals surface area contributed by atoms with Gasteiger partial charge in [-0.1, -0.05) is 12.1 Å². The fourth-order valence-electron chi connectivity index (χ4n) is 2.77. The van der Waals surface area contributed by atoms with Crippen LogP contribution in [0.25, 0.3) is 11.3 Å². The third kappa shape index (κ3) is 6.91. The number of primary amides is 1. The van der Waals surface area contributed by atoms with Crippen LogP contribution < -0.4 is 11.9 Å².